The summed E-state index contributed by atoms with van der Waals surface area (Å²) in [4.78, 5) is 8.63. The van der Waals surface area contributed by atoms with Crippen LogP contribution in [0.15, 0.2) is 30.3 Å². The van der Waals surface area contributed by atoms with E-state index >= 15 is 0 Å². The molecule has 0 aliphatic carbocycles. The maximum Gasteiger partial charge on any atom is 0.130 e. The van der Waals surface area contributed by atoms with Gasteiger partial charge < -0.3 is 16.2 Å². The Bertz CT molecular complexity index is 569. The number of benzene rings is 1. The largest absolute Gasteiger partial charge is 0.399 e. The summed E-state index contributed by atoms with van der Waals surface area (Å²) in [5.41, 5.74) is 8.13. The Morgan fingerprint density at radius 2 is 1.95 bits per heavy atom. The predicted octanol–water partition coefficient (Wildman–Crippen LogP) is 2.08. The van der Waals surface area contributed by atoms with Gasteiger partial charge in [-0.1, -0.05) is 19.1 Å². The van der Waals surface area contributed by atoms with E-state index in [0.29, 0.717) is 12.2 Å². The van der Waals surface area contributed by atoms with Crippen molar-refractivity contribution in [2.24, 2.45) is 0 Å². The molecule has 2 rings (SSSR count). The average Bonchev–Trinajstić information content (AvgIpc) is 2.45. The summed E-state index contributed by atoms with van der Waals surface area (Å²) in [6, 6.07) is 9.11. The molecular weight excluding hydrogens is 252 g/mol. The van der Waals surface area contributed by atoms with Gasteiger partial charge in [-0.05, 0) is 31.0 Å². The Labute approximate surface area is 118 Å². The molecule has 0 aliphatic rings. The number of hydrogen-bond acceptors (Lipinski definition) is 5. The number of nitrogens with one attached hydrogen (secondary N) is 1. The minimum absolute atomic E-state index is 0.392. The van der Waals surface area contributed by atoms with Crippen LogP contribution in [0.3, 0.4) is 0 Å². The van der Waals surface area contributed by atoms with E-state index in [-0.39, 0.29) is 0 Å². The van der Waals surface area contributed by atoms with Gasteiger partial charge in [-0.2, -0.15) is 0 Å². The van der Waals surface area contributed by atoms with Crippen molar-refractivity contribution < 1.29 is 5.11 Å². The molecule has 0 spiro atoms. The van der Waals surface area contributed by atoms with E-state index in [1.54, 1.807) is 12.1 Å². The van der Waals surface area contributed by atoms with Gasteiger partial charge >= 0.3 is 0 Å². The van der Waals surface area contributed by atoms with Crippen molar-refractivity contribution in [2.45, 2.75) is 26.4 Å². The quantitative estimate of drug-likeness (QED) is 0.726. The van der Waals surface area contributed by atoms with Crippen molar-refractivity contribution in [3.8, 4) is 0 Å². The first-order chi connectivity index (χ1) is 9.58. The Morgan fingerprint density at radius 1 is 1.25 bits per heavy atom. The molecule has 0 bridgehead atoms. The normalized spacial score (nSPS) is 12.2. The fourth-order valence-electron chi connectivity index (χ4n) is 1.94. The van der Waals surface area contributed by atoms with Crippen LogP contribution in [0.5, 0.6) is 0 Å². The number of aliphatic hydroxyl groups excluding tert-OH is 1. The van der Waals surface area contributed by atoms with Crippen molar-refractivity contribution in [1.29, 1.82) is 0 Å². The molecule has 0 amide bonds. The summed E-state index contributed by atoms with van der Waals surface area (Å²) in [6.07, 6.45) is 0.259. The molecule has 20 heavy (non-hydrogen) atoms. The first-order valence-electron chi connectivity index (χ1n) is 6.70. The highest BCUT2D eigenvalue weighted by Crippen LogP contribution is 2.16. The third kappa shape index (κ3) is 3.68. The van der Waals surface area contributed by atoms with Gasteiger partial charge in [0.15, 0.2) is 0 Å². The minimum Gasteiger partial charge on any atom is -0.399 e. The lowest BCUT2D eigenvalue weighted by Crippen LogP contribution is -2.14. The fraction of sp³-hybridized carbons (Fsp3) is 0.333. The highest BCUT2D eigenvalue weighted by Gasteiger charge is 2.08. The van der Waals surface area contributed by atoms with Gasteiger partial charge in [0.25, 0.3) is 0 Å². The minimum atomic E-state index is -0.601. The number of hydrogen-bond donors (Lipinski definition) is 3. The molecular formula is C15H20N4O. The van der Waals surface area contributed by atoms with E-state index < -0.39 is 6.10 Å². The SMILES string of the molecule is CCc1cc(NCC(O)c2ccc(N)cc2)nc(C)n1. The highest BCUT2D eigenvalue weighted by atomic mass is 16.3. The lowest BCUT2D eigenvalue weighted by Gasteiger charge is -2.13. The van der Waals surface area contributed by atoms with Crippen LogP contribution in [0, 0.1) is 6.92 Å². The summed E-state index contributed by atoms with van der Waals surface area (Å²) < 4.78 is 0. The standard InChI is InChI=1S/C15H20N4O/c1-3-13-8-15(19-10(2)18-13)17-9-14(20)11-4-6-12(16)7-5-11/h4-8,14,20H,3,9,16H2,1-2H3,(H,17,18,19). The molecule has 1 atom stereocenters. The Kier molecular flexibility index (Phi) is 4.53. The van der Waals surface area contributed by atoms with Crippen LogP contribution < -0.4 is 11.1 Å². The van der Waals surface area contributed by atoms with E-state index in [2.05, 4.69) is 22.2 Å². The number of nitrogens with zero attached hydrogens (tertiary/aromatic N) is 2. The second-order valence-corrected chi connectivity index (χ2v) is 4.71. The van der Waals surface area contributed by atoms with Crippen molar-refractivity contribution in [1.82, 2.24) is 9.97 Å². The molecule has 0 aliphatic heterocycles. The summed E-state index contributed by atoms with van der Waals surface area (Å²) >= 11 is 0. The maximum atomic E-state index is 10.1. The van der Waals surface area contributed by atoms with E-state index in [9.17, 15) is 5.11 Å². The number of rotatable bonds is 5. The number of aryl methyl sites for hydroxylation is 2. The van der Waals surface area contributed by atoms with Crippen LogP contribution in [0.1, 0.15) is 30.1 Å². The van der Waals surface area contributed by atoms with Gasteiger partial charge in [-0.3, -0.25) is 0 Å². The summed E-state index contributed by atoms with van der Waals surface area (Å²) in [7, 11) is 0. The monoisotopic (exact) mass is 272 g/mol. The molecule has 0 radical (unpaired) electrons. The molecule has 4 N–H and O–H groups in total. The van der Waals surface area contributed by atoms with Crippen LogP contribution >= 0.6 is 0 Å². The first-order valence-corrected chi connectivity index (χ1v) is 6.70. The Hall–Kier alpha value is -2.14. The molecule has 106 valence electrons. The lowest BCUT2D eigenvalue weighted by molar-refractivity contribution is 0.191. The van der Waals surface area contributed by atoms with Gasteiger partial charge in [0, 0.05) is 24.0 Å². The van der Waals surface area contributed by atoms with Crippen molar-refractivity contribution in [2.75, 3.05) is 17.6 Å². The van der Waals surface area contributed by atoms with Gasteiger partial charge in [-0.25, -0.2) is 9.97 Å². The molecule has 2 aromatic rings. The van der Waals surface area contributed by atoms with Crippen molar-refractivity contribution in [3.63, 3.8) is 0 Å². The van der Waals surface area contributed by atoms with Gasteiger partial charge in [0.2, 0.25) is 0 Å². The number of anilines is 2. The molecule has 0 saturated heterocycles. The second kappa shape index (κ2) is 6.34. The van der Waals surface area contributed by atoms with Gasteiger partial charge in [0.05, 0.1) is 6.10 Å². The Balaban J connectivity index is 2.01. The summed E-state index contributed by atoms with van der Waals surface area (Å²) in [5.74, 6) is 1.47. The zero-order chi connectivity index (χ0) is 14.5. The molecule has 1 aromatic heterocycles. The van der Waals surface area contributed by atoms with Crippen molar-refractivity contribution >= 4 is 11.5 Å². The topological polar surface area (TPSA) is 84.1 Å². The number of nitrogens with two attached hydrogens (primary N) is 1. The van der Waals surface area contributed by atoms with Gasteiger partial charge in [-0.15, -0.1) is 0 Å². The Morgan fingerprint density at radius 3 is 2.60 bits per heavy atom. The molecule has 5 heteroatoms. The van der Waals surface area contributed by atoms with E-state index in [4.69, 9.17) is 5.73 Å². The summed E-state index contributed by atoms with van der Waals surface area (Å²) in [6.45, 7) is 4.30. The second-order valence-electron chi connectivity index (χ2n) is 4.71. The third-order valence-electron chi connectivity index (χ3n) is 3.05. The maximum absolute atomic E-state index is 10.1. The molecule has 5 nitrogen and oxygen atoms in total. The lowest BCUT2D eigenvalue weighted by atomic mass is 10.1. The molecule has 1 unspecified atom stereocenters. The number of nitrogen functional groups attached to an aromatic ring is 1. The highest BCUT2D eigenvalue weighted by molar-refractivity contribution is 5.41. The van der Waals surface area contributed by atoms with Crippen LogP contribution in [0.2, 0.25) is 0 Å². The molecule has 1 aromatic carbocycles. The zero-order valence-electron chi connectivity index (χ0n) is 11.8. The first kappa shape index (κ1) is 14.3. The van der Waals surface area contributed by atoms with E-state index in [1.165, 1.54) is 0 Å². The average molecular weight is 272 g/mol. The van der Waals surface area contributed by atoms with E-state index in [1.807, 2.05) is 25.1 Å². The van der Waals surface area contributed by atoms with Gasteiger partial charge in [0.1, 0.15) is 11.6 Å². The van der Waals surface area contributed by atoms with Crippen LogP contribution in [-0.2, 0) is 6.42 Å². The zero-order valence-corrected chi connectivity index (χ0v) is 11.8. The summed E-state index contributed by atoms with van der Waals surface area (Å²) in [5, 5.41) is 13.3. The third-order valence-corrected chi connectivity index (χ3v) is 3.05. The molecule has 1 heterocycles. The predicted molar refractivity (Wildman–Crippen MR) is 80.5 cm³/mol. The number of aliphatic hydroxyl groups is 1. The smallest absolute Gasteiger partial charge is 0.130 e. The van der Waals surface area contributed by atoms with Crippen LogP contribution in [-0.4, -0.2) is 21.6 Å². The van der Waals surface area contributed by atoms with E-state index in [0.717, 1.165) is 29.3 Å². The fourth-order valence-corrected chi connectivity index (χ4v) is 1.94. The number of aromatic nitrogens is 2. The molecule has 0 fully saturated rings. The van der Waals surface area contributed by atoms with Crippen LogP contribution in [0.25, 0.3) is 0 Å². The van der Waals surface area contributed by atoms with Crippen LogP contribution in [0.4, 0.5) is 11.5 Å². The molecule has 0 saturated carbocycles. The van der Waals surface area contributed by atoms with Crippen molar-refractivity contribution in [3.05, 3.63) is 47.4 Å².